The molecule has 96 valence electrons. The molecule has 18 heavy (non-hydrogen) atoms. The molecule has 0 N–H and O–H groups in total. The SMILES string of the molecule is C=CCCCCCOc1ccc2c(c1)OCC2=O. The second-order valence-corrected chi connectivity index (χ2v) is 4.36. The van der Waals surface area contributed by atoms with Crippen molar-refractivity contribution in [1.29, 1.82) is 0 Å². The second-order valence-electron chi connectivity index (χ2n) is 4.36. The molecule has 1 aliphatic heterocycles. The lowest BCUT2D eigenvalue weighted by Crippen LogP contribution is -1.98. The molecule has 0 fully saturated rings. The molecule has 1 aromatic carbocycles. The maximum Gasteiger partial charge on any atom is 0.203 e. The van der Waals surface area contributed by atoms with E-state index in [2.05, 4.69) is 6.58 Å². The number of fused-ring (bicyclic) bond motifs is 1. The van der Waals surface area contributed by atoms with Crippen LogP contribution in [0.3, 0.4) is 0 Å². The number of benzene rings is 1. The van der Waals surface area contributed by atoms with Crippen molar-refractivity contribution in [2.45, 2.75) is 25.7 Å². The molecular formula is C15H18O3. The lowest BCUT2D eigenvalue weighted by Gasteiger charge is -2.07. The Morgan fingerprint density at radius 2 is 2.22 bits per heavy atom. The van der Waals surface area contributed by atoms with Crippen LogP contribution in [0.15, 0.2) is 30.9 Å². The molecule has 0 saturated carbocycles. The first kappa shape index (κ1) is 12.7. The standard InChI is InChI=1S/C15H18O3/c1-2-3-4-5-6-9-17-12-7-8-13-14(16)11-18-15(13)10-12/h2,7-8,10H,1,3-6,9,11H2. The van der Waals surface area contributed by atoms with Crippen molar-refractivity contribution in [1.82, 2.24) is 0 Å². The summed E-state index contributed by atoms with van der Waals surface area (Å²) in [7, 11) is 0. The molecule has 0 spiro atoms. The minimum absolute atomic E-state index is 0.0426. The molecule has 2 rings (SSSR count). The molecular weight excluding hydrogens is 228 g/mol. The molecule has 0 bridgehead atoms. The average Bonchev–Trinajstić information content (AvgIpc) is 2.75. The third-order valence-corrected chi connectivity index (χ3v) is 2.93. The summed E-state index contributed by atoms with van der Waals surface area (Å²) in [5.41, 5.74) is 0.660. The van der Waals surface area contributed by atoms with E-state index in [-0.39, 0.29) is 12.4 Å². The summed E-state index contributed by atoms with van der Waals surface area (Å²) < 4.78 is 10.9. The Kier molecular flexibility index (Phi) is 4.40. The van der Waals surface area contributed by atoms with Crippen molar-refractivity contribution in [2.75, 3.05) is 13.2 Å². The first-order valence-electron chi connectivity index (χ1n) is 6.35. The van der Waals surface area contributed by atoms with E-state index in [0.717, 1.165) is 31.4 Å². The van der Waals surface area contributed by atoms with Crippen LogP contribution in [0.5, 0.6) is 11.5 Å². The molecule has 1 aliphatic rings. The molecule has 0 atom stereocenters. The predicted octanol–water partition coefficient (Wildman–Crippen LogP) is 3.39. The number of hydrogen-bond donors (Lipinski definition) is 0. The lowest BCUT2D eigenvalue weighted by molar-refractivity contribution is 0.0961. The van der Waals surface area contributed by atoms with Crippen LogP contribution in [0.4, 0.5) is 0 Å². The highest BCUT2D eigenvalue weighted by Gasteiger charge is 2.21. The van der Waals surface area contributed by atoms with Crippen LogP contribution in [0.25, 0.3) is 0 Å². The number of carbonyl (C=O) groups is 1. The van der Waals surface area contributed by atoms with Gasteiger partial charge in [-0.1, -0.05) is 6.08 Å². The van der Waals surface area contributed by atoms with Crippen LogP contribution >= 0.6 is 0 Å². The van der Waals surface area contributed by atoms with Crippen molar-refractivity contribution in [3.8, 4) is 11.5 Å². The summed E-state index contributed by atoms with van der Waals surface area (Å²) in [6.07, 6.45) is 6.34. The number of ether oxygens (including phenoxy) is 2. The van der Waals surface area contributed by atoms with E-state index in [4.69, 9.17) is 9.47 Å². The number of ketones is 1. The molecule has 0 amide bonds. The second kappa shape index (κ2) is 6.24. The maximum absolute atomic E-state index is 11.4. The van der Waals surface area contributed by atoms with E-state index in [0.29, 0.717) is 17.9 Å². The van der Waals surface area contributed by atoms with Gasteiger partial charge in [-0.2, -0.15) is 0 Å². The zero-order valence-electron chi connectivity index (χ0n) is 10.5. The van der Waals surface area contributed by atoms with E-state index in [9.17, 15) is 4.79 Å². The largest absolute Gasteiger partial charge is 0.493 e. The summed E-state index contributed by atoms with van der Waals surface area (Å²) in [5.74, 6) is 1.46. The Balaban J connectivity index is 1.77. The highest BCUT2D eigenvalue weighted by molar-refractivity contribution is 6.02. The minimum atomic E-state index is 0.0426. The van der Waals surface area contributed by atoms with Crippen molar-refractivity contribution in [2.24, 2.45) is 0 Å². The Morgan fingerprint density at radius 3 is 3.06 bits per heavy atom. The predicted molar refractivity (Wildman–Crippen MR) is 70.4 cm³/mol. The topological polar surface area (TPSA) is 35.5 Å². The number of rotatable bonds is 7. The van der Waals surface area contributed by atoms with E-state index < -0.39 is 0 Å². The molecule has 0 aliphatic carbocycles. The van der Waals surface area contributed by atoms with E-state index in [1.54, 1.807) is 12.1 Å². The molecule has 3 nitrogen and oxygen atoms in total. The maximum atomic E-state index is 11.4. The van der Waals surface area contributed by atoms with Crippen LogP contribution in [-0.4, -0.2) is 19.0 Å². The first-order valence-corrected chi connectivity index (χ1v) is 6.35. The number of carbonyl (C=O) groups excluding carboxylic acids is 1. The summed E-state index contributed by atoms with van der Waals surface area (Å²) in [6, 6.07) is 5.40. The summed E-state index contributed by atoms with van der Waals surface area (Å²) in [6.45, 7) is 4.54. The smallest absolute Gasteiger partial charge is 0.203 e. The average molecular weight is 246 g/mol. The fourth-order valence-corrected chi connectivity index (χ4v) is 1.92. The Hall–Kier alpha value is -1.77. The van der Waals surface area contributed by atoms with Gasteiger partial charge in [0.25, 0.3) is 0 Å². The Labute approximate surface area is 107 Å². The molecule has 3 heteroatoms. The van der Waals surface area contributed by atoms with Gasteiger partial charge in [-0.25, -0.2) is 0 Å². The van der Waals surface area contributed by atoms with Crippen molar-refractivity contribution in [3.63, 3.8) is 0 Å². The van der Waals surface area contributed by atoms with Gasteiger partial charge in [0, 0.05) is 6.07 Å². The fourth-order valence-electron chi connectivity index (χ4n) is 1.92. The van der Waals surface area contributed by atoms with E-state index in [1.165, 1.54) is 0 Å². The Morgan fingerprint density at radius 1 is 1.33 bits per heavy atom. The molecule has 0 radical (unpaired) electrons. The van der Waals surface area contributed by atoms with Gasteiger partial charge >= 0.3 is 0 Å². The van der Waals surface area contributed by atoms with Crippen LogP contribution in [-0.2, 0) is 0 Å². The van der Waals surface area contributed by atoms with E-state index in [1.807, 2.05) is 12.1 Å². The molecule has 0 unspecified atom stereocenters. The van der Waals surface area contributed by atoms with Gasteiger partial charge < -0.3 is 9.47 Å². The molecule has 0 saturated heterocycles. The fraction of sp³-hybridized carbons (Fsp3) is 0.400. The molecule has 1 aromatic rings. The minimum Gasteiger partial charge on any atom is -0.493 e. The zero-order valence-corrected chi connectivity index (χ0v) is 10.5. The van der Waals surface area contributed by atoms with Gasteiger partial charge in [0.1, 0.15) is 11.5 Å². The van der Waals surface area contributed by atoms with Gasteiger partial charge in [-0.15, -0.1) is 6.58 Å². The highest BCUT2D eigenvalue weighted by Crippen LogP contribution is 2.29. The number of hydrogen-bond acceptors (Lipinski definition) is 3. The number of unbranched alkanes of at least 4 members (excludes halogenated alkanes) is 3. The van der Waals surface area contributed by atoms with Crippen molar-refractivity contribution < 1.29 is 14.3 Å². The third kappa shape index (κ3) is 3.13. The summed E-state index contributed by atoms with van der Waals surface area (Å²) in [5, 5.41) is 0. The van der Waals surface area contributed by atoms with Gasteiger partial charge in [-0.05, 0) is 37.8 Å². The van der Waals surface area contributed by atoms with Gasteiger partial charge in [0.15, 0.2) is 6.61 Å². The summed E-state index contributed by atoms with van der Waals surface area (Å²) >= 11 is 0. The van der Waals surface area contributed by atoms with Crippen LogP contribution in [0, 0.1) is 0 Å². The van der Waals surface area contributed by atoms with Crippen LogP contribution in [0.1, 0.15) is 36.0 Å². The number of allylic oxidation sites excluding steroid dienone is 1. The monoisotopic (exact) mass is 246 g/mol. The Bertz CT molecular complexity index is 437. The van der Waals surface area contributed by atoms with Crippen LogP contribution < -0.4 is 9.47 Å². The van der Waals surface area contributed by atoms with Crippen LogP contribution in [0.2, 0.25) is 0 Å². The third-order valence-electron chi connectivity index (χ3n) is 2.93. The van der Waals surface area contributed by atoms with Gasteiger partial charge in [0.2, 0.25) is 5.78 Å². The van der Waals surface area contributed by atoms with Crippen molar-refractivity contribution >= 4 is 5.78 Å². The molecule has 1 heterocycles. The lowest BCUT2D eigenvalue weighted by atomic mass is 10.1. The zero-order chi connectivity index (χ0) is 12.8. The van der Waals surface area contributed by atoms with E-state index >= 15 is 0 Å². The molecule has 0 aromatic heterocycles. The highest BCUT2D eigenvalue weighted by atomic mass is 16.5. The van der Waals surface area contributed by atoms with Gasteiger partial charge in [-0.3, -0.25) is 4.79 Å². The normalized spacial score (nSPS) is 13.0. The van der Waals surface area contributed by atoms with Crippen molar-refractivity contribution in [3.05, 3.63) is 36.4 Å². The number of Topliss-reactive ketones (excluding diaryl/α,β-unsaturated/α-hetero) is 1. The summed E-state index contributed by atoms with van der Waals surface area (Å²) in [4.78, 5) is 11.4. The quantitative estimate of drug-likeness (QED) is 0.546. The van der Waals surface area contributed by atoms with Gasteiger partial charge in [0.05, 0.1) is 12.2 Å². The first-order chi connectivity index (χ1) is 8.81.